The Morgan fingerprint density at radius 3 is 2.58 bits per heavy atom. The first-order valence-electron chi connectivity index (χ1n) is 8.29. The third-order valence-corrected chi connectivity index (χ3v) is 4.36. The zero-order valence-electron chi connectivity index (χ0n) is 13.7. The van der Waals surface area contributed by atoms with Crippen LogP contribution in [0.3, 0.4) is 0 Å². The van der Waals surface area contributed by atoms with E-state index in [-0.39, 0.29) is 18.1 Å². The number of hydrogen-bond donors (Lipinski definition) is 2. The summed E-state index contributed by atoms with van der Waals surface area (Å²) in [6.45, 7) is 1.95. The van der Waals surface area contributed by atoms with Crippen LogP contribution in [0.2, 0.25) is 0 Å². The van der Waals surface area contributed by atoms with Crippen molar-refractivity contribution < 1.29 is 14.6 Å². The van der Waals surface area contributed by atoms with Crippen molar-refractivity contribution in [2.24, 2.45) is 0 Å². The minimum Gasteiger partial charge on any atom is -0.457 e. The van der Waals surface area contributed by atoms with Gasteiger partial charge in [-0.2, -0.15) is 0 Å². The summed E-state index contributed by atoms with van der Waals surface area (Å²) in [4.78, 5) is 16.4. The molecule has 1 aliphatic rings. The molecule has 0 aliphatic heterocycles. The highest BCUT2D eigenvalue weighted by atomic mass is 16.5. The predicted molar refractivity (Wildman–Crippen MR) is 91.2 cm³/mol. The van der Waals surface area contributed by atoms with Gasteiger partial charge in [-0.1, -0.05) is 6.07 Å². The van der Waals surface area contributed by atoms with Crippen LogP contribution in [0.1, 0.15) is 41.6 Å². The third kappa shape index (κ3) is 4.11. The maximum Gasteiger partial charge on any atom is 0.251 e. The van der Waals surface area contributed by atoms with Crippen molar-refractivity contribution in [3.63, 3.8) is 0 Å². The average Bonchev–Trinajstić information content (AvgIpc) is 2.60. The summed E-state index contributed by atoms with van der Waals surface area (Å²) >= 11 is 0. The highest BCUT2D eigenvalue weighted by molar-refractivity contribution is 5.95. The topological polar surface area (TPSA) is 71.5 Å². The summed E-state index contributed by atoms with van der Waals surface area (Å²) in [6.07, 6.45) is 6.23. The highest BCUT2D eigenvalue weighted by Crippen LogP contribution is 2.26. The van der Waals surface area contributed by atoms with Crippen LogP contribution < -0.4 is 10.1 Å². The fraction of sp³-hybridized carbons (Fsp3) is 0.368. The minimum absolute atomic E-state index is 0.101. The Labute approximate surface area is 141 Å². The number of benzene rings is 1. The average molecular weight is 326 g/mol. The van der Waals surface area contributed by atoms with Crippen LogP contribution >= 0.6 is 0 Å². The van der Waals surface area contributed by atoms with E-state index in [0.29, 0.717) is 17.1 Å². The number of hydrogen-bond acceptors (Lipinski definition) is 4. The molecule has 0 unspecified atom stereocenters. The van der Waals surface area contributed by atoms with Gasteiger partial charge in [-0.3, -0.25) is 9.78 Å². The van der Waals surface area contributed by atoms with E-state index >= 15 is 0 Å². The second-order valence-electron chi connectivity index (χ2n) is 6.24. The molecule has 1 aromatic carbocycles. The van der Waals surface area contributed by atoms with E-state index in [1.165, 1.54) is 0 Å². The largest absolute Gasteiger partial charge is 0.457 e. The van der Waals surface area contributed by atoms with Gasteiger partial charge in [0.05, 0.1) is 6.10 Å². The lowest BCUT2D eigenvalue weighted by Gasteiger charge is -2.26. The van der Waals surface area contributed by atoms with E-state index < -0.39 is 0 Å². The molecule has 0 atom stereocenters. The van der Waals surface area contributed by atoms with E-state index in [4.69, 9.17) is 4.74 Å². The van der Waals surface area contributed by atoms with Crippen molar-refractivity contribution >= 4 is 5.91 Å². The molecule has 0 bridgehead atoms. The summed E-state index contributed by atoms with van der Waals surface area (Å²) in [7, 11) is 0. The lowest BCUT2D eigenvalue weighted by atomic mass is 9.93. The standard InChI is InChI=1S/C19H22N2O3/c1-13-2-3-14(12-18(13)24-17-8-10-20-11-9-17)19(23)21-15-4-6-16(22)7-5-15/h2-3,8-12,15-16,22H,4-7H2,1H3,(H,21,23). The van der Waals surface area contributed by atoms with Crippen LogP contribution in [0.5, 0.6) is 11.5 Å². The maximum absolute atomic E-state index is 12.5. The number of aromatic nitrogens is 1. The maximum atomic E-state index is 12.5. The summed E-state index contributed by atoms with van der Waals surface area (Å²) in [5.74, 6) is 1.25. The molecular formula is C19H22N2O3. The van der Waals surface area contributed by atoms with E-state index in [0.717, 1.165) is 31.2 Å². The fourth-order valence-corrected chi connectivity index (χ4v) is 2.87. The van der Waals surface area contributed by atoms with Crippen LogP contribution in [0, 0.1) is 6.92 Å². The van der Waals surface area contributed by atoms with Gasteiger partial charge in [-0.05, 0) is 62.4 Å². The molecule has 2 aromatic rings. The van der Waals surface area contributed by atoms with Crippen molar-refractivity contribution in [3.8, 4) is 11.5 Å². The number of aliphatic hydroxyl groups is 1. The summed E-state index contributed by atoms with van der Waals surface area (Å²) in [5.41, 5.74) is 1.54. The first-order valence-corrected chi connectivity index (χ1v) is 8.29. The Kier molecular flexibility index (Phi) is 5.11. The monoisotopic (exact) mass is 326 g/mol. The normalized spacial score (nSPS) is 20.4. The molecule has 126 valence electrons. The van der Waals surface area contributed by atoms with E-state index in [9.17, 15) is 9.90 Å². The first-order chi connectivity index (χ1) is 11.6. The van der Waals surface area contributed by atoms with E-state index in [2.05, 4.69) is 10.3 Å². The van der Waals surface area contributed by atoms with Gasteiger partial charge in [0, 0.05) is 24.0 Å². The summed E-state index contributed by atoms with van der Waals surface area (Å²) < 4.78 is 5.85. The molecule has 1 aliphatic carbocycles. The Balaban J connectivity index is 1.69. The number of nitrogens with zero attached hydrogens (tertiary/aromatic N) is 1. The number of amides is 1. The number of pyridine rings is 1. The molecule has 3 rings (SSSR count). The molecule has 1 fully saturated rings. The zero-order chi connectivity index (χ0) is 16.9. The molecule has 1 amide bonds. The lowest BCUT2D eigenvalue weighted by molar-refractivity contribution is 0.0867. The van der Waals surface area contributed by atoms with Crippen molar-refractivity contribution in [2.45, 2.75) is 44.8 Å². The second kappa shape index (κ2) is 7.45. The molecule has 0 spiro atoms. The second-order valence-corrected chi connectivity index (χ2v) is 6.24. The van der Waals surface area contributed by atoms with Gasteiger partial charge in [-0.15, -0.1) is 0 Å². The number of nitrogens with one attached hydrogen (secondary N) is 1. The van der Waals surface area contributed by atoms with Crippen molar-refractivity contribution in [1.29, 1.82) is 0 Å². The molecule has 2 N–H and O–H groups in total. The molecule has 1 aromatic heterocycles. The van der Waals surface area contributed by atoms with Gasteiger partial charge < -0.3 is 15.2 Å². The van der Waals surface area contributed by atoms with Crippen molar-refractivity contribution in [3.05, 3.63) is 53.9 Å². The van der Waals surface area contributed by atoms with E-state index in [1.807, 2.05) is 19.1 Å². The number of aryl methyl sites for hydroxylation is 1. The van der Waals surface area contributed by atoms with Crippen molar-refractivity contribution in [2.75, 3.05) is 0 Å². The smallest absolute Gasteiger partial charge is 0.251 e. The molecule has 0 radical (unpaired) electrons. The minimum atomic E-state index is -0.224. The number of carbonyl (C=O) groups is 1. The van der Waals surface area contributed by atoms with Crippen molar-refractivity contribution in [1.82, 2.24) is 10.3 Å². The Bertz CT molecular complexity index is 695. The summed E-state index contributed by atoms with van der Waals surface area (Å²) in [5, 5.41) is 12.6. The molecule has 0 saturated heterocycles. The molecule has 1 heterocycles. The summed E-state index contributed by atoms with van der Waals surface area (Å²) in [6, 6.07) is 9.14. The predicted octanol–water partition coefficient (Wildman–Crippen LogP) is 3.22. The zero-order valence-corrected chi connectivity index (χ0v) is 13.7. The Morgan fingerprint density at radius 2 is 1.88 bits per heavy atom. The first kappa shape index (κ1) is 16.5. The Hall–Kier alpha value is -2.40. The Morgan fingerprint density at radius 1 is 1.17 bits per heavy atom. The van der Waals surface area contributed by atoms with E-state index in [1.54, 1.807) is 30.6 Å². The fourth-order valence-electron chi connectivity index (χ4n) is 2.87. The molecule has 5 heteroatoms. The number of carbonyl (C=O) groups excluding carboxylic acids is 1. The van der Waals surface area contributed by atoms with Gasteiger partial charge in [0.2, 0.25) is 0 Å². The molecule has 1 saturated carbocycles. The lowest BCUT2D eigenvalue weighted by Crippen LogP contribution is -2.38. The van der Waals surface area contributed by atoms with Crippen LogP contribution in [-0.4, -0.2) is 28.1 Å². The molecule has 5 nitrogen and oxygen atoms in total. The number of ether oxygens (including phenoxy) is 1. The van der Waals surface area contributed by atoms with Crippen LogP contribution in [0.4, 0.5) is 0 Å². The molecule has 24 heavy (non-hydrogen) atoms. The van der Waals surface area contributed by atoms with Crippen LogP contribution in [-0.2, 0) is 0 Å². The quantitative estimate of drug-likeness (QED) is 0.905. The van der Waals surface area contributed by atoms with Gasteiger partial charge in [0.15, 0.2) is 0 Å². The number of aliphatic hydroxyl groups excluding tert-OH is 1. The van der Waals surface area contributed by atoms with Crippen LogP contribution in [0.25, 0.3) is 0 Å². The SMILES string of the molecule is Cc1ccc(C(=O)NC2CCC(O)CC2)cc1Oc1ccncc1. The van der Waals surface area contributed by atoms with Crippen LogP contribution in [0.15, 0.2) is 42.7 Å². The highest BCUT2D eigenvalue weighted by Gasteiger charge is 2.21. The third-order valence-electron chi connectivity index (χ3n) is 4.36. The molecular weight excluding hydrogens is 304 g/mol. The van der Waals surface area contributed by atoms with Gasteiger partial charge in [-0.25, -0.2) is 0 Å². The van der Waals surface area contributed by atoms with Gasteiger partial charge >= 0.3 is 0 Å². The van der Waals surface area contributed by atoms with Gasteiger partial charge in [0.1, 0.15) is 11.5 Å². The van der Waals surface area contributed by atoms with Gasteiger partial charge in [0.25, 0.3) is 5.91 Å². The number of rotatable bonds is 4.